The number of carbonyl (C=O) groups excluding carboxylic acids is 2. The number of rotatable bonds is 36. The molecular weight excluding hydrogens is 675 g/mol. The molecule has 0 rings (SSSR count). The number of carbonyl (C=O) groups is 2. The van der Waals surface area contributed by atoms with Crippen molar-refractivity contribution in [3.8, 4) is 0 Å². The van der Waals surface area contributed by atoms with Crippen LogP contribution in [0, 0.1) is 0 Å². The lowest BCUT2D eigenvalue weighted by Gasteiger charge is -2.18. The van der Waals surface area contributed by atoms with Gasteiger partial charge in [0.05, 0.1) is 6.61 Å². The second-order valence-corrected chi connectivity index (χ2v) is 14.5. The summed E-state index contributed by atoms with van der Waals surface area (Å²) in [5.74, 6) is -0.996. The highest BCUT2D eigenvalue weighted by atomic mass is 31.2. The second kappa shape index (κ2) is 38.2. The molecule has 0 aromatic carbocycles. The Kier molecular flexibility index (Phi) is 36.4. The molecule has 0 heterocycles. The first kappa shape index (κ1) is 49.5. The van der Waals surface area contributed by atoms with Crippen molar-refractivity contribution in [2.45, 2.75) is 174 Å². The molecule has 9 heteroatoms. The number of esters is 2. The molecule has 8 nitrogen and oxygen atoms in total. The topological polar surface area (TPSA) is 119 Å². The van der Waals surface area contributed by atoms with Gasteiger partial charge in [0.15, 0.2) is 6.10 Å². The normalized spacial score (nSPS) is 13.2. The number of phosphoric acid groups is 1. The minimum Gasteiger partial charge on any atom is -0.462 e. The van der Waals surface area contributed by atoms with E-state index in [1.807, 2.05) is 12.2 Å². The first-order chi connectivity index (χ1) is 25.3. The van der Waals surface area contributed by atoms with Crippen LogP contribution in [0.25, 0.3) is 0 Å². The number of unbranched alkanes of at least 4 members (excludes halogenated alkanes) is 14. The van der Waals surface area contributed by atoms with E-state index in [9.17, 15) is 14.2 Å². The van der Waals surface area contributed by atoms with Crippen molar-refractivity contribution in [2.75, 3.05) is 13.2 Å². The van der Waals surface area contributed by atoms with Gasteiger partial charge in [-0.05, 0) is 77.0 Å². The van der Waals surface area contributed by atoms with Gasteiger partial charge in [0.2, 0.25) is 0 Å². The van der Waals surface area contributed by atoms with Crippen LogP contribution in [0.5, 0.6) is 0 Å². The quantitative estimate of drug-likeness (QED) is 0.0281. The van der Waals surface area contributed by atoms with Crippen LogP contribution in [0.1, 0.15) is 168 Å². The lowest BCUT2D eigenvalue weighted by molar-refractivity contribution is -0.161. The van der Waals surface area contributed by atoms with Crippen molar-refractivity contribution >= 4 is 19.8 Å². The molecular formula is C43H73O8P. The van der Waals surface area contributed by atoms with Gasteiger partial charge >= 0.3 is 19.8 Å². The van der Waals surface area contributed by atoms with Gasteiger partial charge in [0, 0.05) is 12.8 Å². The third-order valence-corrected chi connectivity index (χ3v) is 8.70. The number of ether oxygens (including phenoxy) is 2. The van der Waals surface area contributed by atoms with Crippen LogP contribution in [0.4, 0.5) is 0 Å². The Hall–Kier alpha value is -2.51. The molecule has 0 aromatic heterocycles. The zero-order valence-electron chi connectivity index (χ0n) is 32.7. The number of hydrogen-bond acceptors (Lipinski definition) is 6. The van der Waals surface area contributed by atoms with Crippen molar-refractivity contribution in [3.05, 3.63) is 72.9 Å². The van der Waals surface area contributed by atoms with Crippen molar-refractivity contribution in [2.24, 2.45) is 0 Å². The first-order valence-corrected chi connectivity index (χ1v) is 21.8. The maximum atomic E-state index is 12.4. The molecule has 298 valence electrons. The Labute approximate surface area is 317 Å². The second-order valence-electron chi connectivity index (χ2n) is 13.2. The first-order valence-electron chi connectivity index (χ1n) is 20.2. The monoisotopic (exact) mass is 749 g/mol. The van der Waals surface area contributed by atoms with Gasteiger partial charge in [-0.1, -0.05) is 151 Å². The predicted molar refractivity (Wildman–Crippen MR) is 216 cm³/mol. The van der Waals surface area contributed by atoms with Gasteiger partial charge < -0.3 is 19.3 Å². The molecule has 0 aliphatic carbocycles. The summed E-state index contributed by atoms with van der Waals surface area (Å²) in [6, 6.07) is 0. The summed E-state index contributed by atoms with van der Waals surface area (Å²) in [7, 11) is -4.77. The minimum absolute atomic E-state index is 0.139. The lowest BCUT2D eigenvalue weighted by Crippen LogP contribution is -2.29. The van der Waals surface area contributed by atoms with Crippen LogP contribution in [-0.2, 0) is 28.2 Å². The highest BCUT2D eigenvalue weighted by Gasteiger charge is 2.22. The Morgan fingerprint density at radius 1 is 0.500 bits per heavy atom. The summed E-state index contributed by atoms with van der Waals surface area (Å²) < 4.78 is 26.3. The van der Waals surface area contributed by atoms with Gasteiger partial charge in [0.1, 0.15) is 6.61 Å². The zero-order chi connectivity index (χ0) is 38.2. The van der Waals surface area contributed by atoms with Gasteiger partial charge in [-0.15, -0.1) is 0 Å². The van der Waals surface area contributed by atoms with Crippen LogP contribution >= 0.6 is 7.82 Å². The fourth-order valence-electron chi connectivity index (χ4n) is 5.17. The van der Waals surface area contributed by atoms with Crippen LogP contribution in [0.15, 0.2) is 72.9 Å². The fourth-order valence-corrected chi connectivity index (χ4v) is 5.53. The molecule has 52 heavy (non-hydrogen) atoms. The average Bonchev–Trinajstić information content (AvgIpc) is 3.11. The van der Waals surface area contributed by atoms with E-state index < -0.39 is 32.5 Å². The van der Waals surface area contributed by atoms with Gasteiger partial charge in [-0.25, -0.2) is 4.57 Å². The molecule has 0 radical (unpaired) electrons. The molecule has 1 atom stereocenters. The molecule has 0 spiro atoms. The molecule has 0 unspecified atom stereocenters. The molecule has 0 saturated heterocycles. The standard InChI is InChI=1S/C43H73O8P/c1-3-5-7-9-11-13-15-17-19-20-21-22-24-25-27-29-31-33-35-37-42(44)49-39-41(40-50-52(46,47)48)51-43(45)38-36-34-32-30-28-26-23-18-16-14-12-10-8-6-4-2/h11,13,17-19,21-23,25,27,31,33,41H,3-10,12,14-16,20,24,26,28-30,32,34-40H2,1-2H3,(H2,46,47,48)/b13-11-,19-17-,22-21-,23-18-,27-25-,33-31-/t41-/m1/s1. The van der Waals surface area contributed by atoms with Gasteiger partial charge in [-0.3, -0.25) is 14.1 Å². The molecule has 2 N–H and O–H groups in total. The van der Waals surface area contributed by atoms with Crippen LogP contribution in [0.2, 0.25) is 0 Å². The molecule has 0 saturated carbocycles. The van der Waals surface area contributed by atoms with Crippen molar-refractivity contribution in [1.29, 1.82) is 0 Å². The fraction of sp³-hybridized carbons (Fsp3) is 0.674. The third kappa shape index (κ3) is 40.3. The maximum Gasteiger partial charge on any atom is 0.469 e. The van der Waals surface area contributed by atoms with Crippen molar-refractivity contribution in [3.63, 3.8) is 0 Å². The van der Waals surface area contributed by atoms with E-state index >= 15 is 0 Å². The Bertz CT molecular complexity index is 1070. The molecule has 0 aromatic rings. The Morgan fingerprint density at radius 3 is 1.42 bits per heavy atom. The lowest BCUT2D eigenvalue weighted by atomic mass is 10.1. The van der Waals surface area contributed by atoms with Crippen molar-refractivity contribution < 1.29 is 37.9 Å². The van der Waals surface area contributed by atoms with E-state index in [0.29, 0.717) is 12.8 Å². The average molecular weight is 749 g/mol. The summed E-state index contributed by atoms with van der Waals surface area (Å²) in [5, 5.41) is 0. The number of hydrogen-bond donors (Lipinski definition) is 2. The predicted octanol–water partition coefficient (Wildman–Crippen LogP) is 12.3. The summed E-state index contributed by atoms with van der Waals surface area (Å²) in [6.45, 7) is 3.57. The molecule has 0 fully saturated rings. The highest BCUT2D eigenvalue weighted by Crippen LogP contribution is 2.36. The SMILES string of the molecule is CCCCC/C=C\C/C=C\C/C=C\C/C=C\C/C=C\CCC(=O)OC[C@H](COP(=O)(O)O)OC(=O)CCCCCCC/C=C\CCCCCCCC. The summed E-state index contributed by atoms with van der Waals surface area (Å²) in [6.07, 6.45) is 49.2. The largest absolute Gasteiger partial charge is 0.469 e. The number of allylic oxidation sites excluding steroid dienone is 12. The van der Waals surface area contributed by atoms with E-state index in [0.717, 1.165) is 57.8 Å². The van der Waals surface area contributed by atoms with E-state index in [1.165, 1.54) is 70.6 Å². The number of phosphoric ester groups is 1. The molecule has 0 aliphatic heterocycles. The van der Waals surface area contributed by atoms with E-state index in [1.54, 1.807) is 0 Å². The maximum absolute atomic E-state index is 12.4. The molecule has 0 bridgehead atoms. The van der Waals surface area contributed by atoms with Gasteiger partial charge in [-0.2, -0.15) is 0 Å². The van der Waals surface area contributed by atoms with E-state index in [2.05, 4.69) is 79.1 Å². The van der Waals surface area contributed by atoms with Crippen molar-refractivity contribution in [1.82, 2.24) is 0 Å². The van der Waals surface area contributed by atoms with Crippen LogP contribution in [0.3, 0.4) is 0 Å². The van der Waals surface area contributed by atoms with E-state index in [-0.39, 0.29) is 19.4 Å². The molecule has 0 aliphatic rings. The zero-order valence-corrected chi connectivity index (χ0v) is 33.6. The summed E-state index contributed by atoms with van der Waals surface area (Å²) in [5.41, 5.74) is 0. The summed E-state index contributed by atoms with van der Waals surface area (Å²) in [4.78, 5) is 42.7. The van der Waals surface area contributed by atoms with Gasteiger partial charge in [0.25, 0.3) is 0 Å². The molecule has 0 amide bonds. The smallest absolute Gasteiger partial charge is 0.462 e. The highest BCUT2D eigenvalue weighted by molar-refractivity contribution is 7.46. The van der Waals surface area contributed by atoms with Crippen LogP contribution in [-0.4, -0.2) is 41.0 Å². The minimum atomic E-state index is -4.77. The Morgan fingerprint density at radius 2 is 0.904 bits per heavy atom. The Balaban J connectivity index is 4.10. The summed E-state index contributed by atoms with van der Waals surface area (Å²) >= 11 is 0. The third-order valence-electron chi connectivity index (χ3n) is 8.21. The van der Waals surface area contributed by atoms with E-state index in [4.69, 9.17) is 19.3 Å². The van der Waals surface area contributed by atoms with Crippen LogP contribution < -0.4 is 0 Å².